The van der Waals surface area contributed by atoms with E-state index >= 15 is 0 Å². The molecule has 132 valence electrons. The minimum absolute atomic E-state index is 0.0773. The van der Waals surface area contributed by atoms with E-state index in [9.17, 15) is 5.11 Å². The maximum Gasteiger partial charge on any atom is 0.194 e. The van der Waals surface area contributed by atoms with E-state index in [1.54, 1.807) is 0 Å². The molecule has 0 saturated carbocycles. The van der Waals surface area contributed by atoms with Crippen LogP contribution in [-0.4, -0.2) is 29.6 Å². The summed E-state index contributed by atoms with van der Waals surface area (Å²) in [7, 11) is 2.07. The predicted octanol–water partition coefficient (Wildman–Crippen LogP) is 3.46. The van der Waals surface area contributed by atoms with Gasteiger partial charge in [-0.15, -0.1) is 0 Å². The molecule has 4 rings (SSSR count). The van der Waals surface area contributed by atoms with Gasteiger partial charge in [-0.3, -0.25) is 4.99 Å². The molecule has 26 heavy (non-hydrogen) atoms. The van der Waals surface area contributed by atoms with Gasteiger partial charge in [-0.1, -0.05) is 66.7 Å². The maximum absolute atomic E-state index is 9.18. The summed E-state index contributed by atoms with van der Waals surface area (Å²) in [5, 5.41) is 15.3. The van der Waals surface area contributed by atoms with Crippen molar-refractivity contribution in [2.45, 2.75) is 19.2 Å². The lowest BCUT2D eigenvalue weighted by molar-refractivity contribution is 0.282. The van der Waals surface area contributed by atoms with Crippen LogP contribution in [-0.2, 0) is 13.2 Å². The Labute approximate surface area is 153 Å². The fourth-order valence-corrected chi connectivity index (χ4v) is 3.46. The van der Waals surface area contributed by atoms with Crippen molar-refractivity contribution in [3.63, 3.8) is 0 Å². The number of hydrogen-bond donors (Lipinski definition) is 2. The molecule has 3 aromatic rings. The van der Waals surface area contributed by atoms with Crippen molar-refractivity contribution < 1.29 is 5.11 Å². The van der Waals surface area contributed by atoms with Gasteiger partial charge >= 0.3 is 0 Å². The van der Waals surface area contributed by atoms with Crippen LogP contribution in [0.4, 0.5) is 0 Å². The van der Waals surface area contributed by atoms with Crippen LogP contribution >= 0.6 is 0 Å². The van der Waals surface area contributed by atoms with Gasteiger partial charge in [-0.25, -0.2) is 0 Å². The highest BCUT2D eigenvalue weighted by atomic mass is 16.3. The molecule has 1 aliphatic heterocycles. The van der Waals surface area contributed by atoms with Crippen LogP contribution in [0.3, 0.4) is 0 Å². The number of fused-ring (bicyclic) bond motifs is 1. The molecule has 1 heterocycles. The van der Waals surface area contributed by atoms with Crippen LogP contribution in [0.5, 0.6) is 0 Å². The standard InChI is InChI=1S/C22H23N3O/c1-25(14-19-7-4-6-17-5-2-3-8-20(17)19)22-23-13-21(24-22)18-11-9-16(15-26)10-12-18/h2-12,21,26H,13-15H2,1H3,(H,23,24). The minimum Gasteiger partial charge on any atom is -0.392 e. The number of aliphatic imine (C=N–C) groups is 1. The smallest absolute Gasteiger partial charge is 0.194 e. The zero-order chi connectivity index (χ0) is 17.9. The molecule has 0 amide bonds. The Balaban J connectivity index is 1.46. The van der Waals surface area contributed by atoms with Crippen molar-refractivity contribution in [2.24, 2.45) is 4.99 Å². The molecule has 1 atom stereocenters. The lowest BCUT2D eigenvalue weighted by atomic mass is 10.0. The highest BCUT2D eigenvalue weighted by molar-refractivity contribution is 5.87. The second-order valence-corrected chi connectivity index (χ2v) is 6.76. The van der Waals surface area contributed by atoms with Crippen LogP contribution in [0, 0.1) is 0 Å². The third-order valence-electron chi connectivity index (χ3n) is 4.94. The Bertz CT molecular complexity index is 928. The summed E-state index contributed by atoms with van der Waals surface area (Å²) in [6.07, 6.45) is 0. The van der Waals surface area contributed by atoms with Crippen molar-refractivity contribution in [1.29, 1.82) is 0 Å². The van der Waals surface area contributed by atoms with Gasteiger partial charge in [0, 0.05) is 13.6 Å². The summed E-state index contributed by atoms with van der Waals surface area (Å²) >= 11 is 0. The van der Waals surface area contributed by atoms with Crippen LogP contribution in [0.1, 0.15) is 22.7 Å². The number of hydrogen-bond acceptors (Lipinski definition) is 4. The van der Waals surface area contributed by atoms with E-state index in [-0.39, 0.29) is 12.6 Å². The van der Waals surface area contributed by atoms with E-state index in [1.807, 2.05) is 12.1 Å². The molecule has 0 aromatic heterocycles. The topological polar surface area (TPSA) is 47.9 Å². The second-order valence-electron chi connectivity index (χ2n) is 6.76. The first kappa shape index (κ1) is 16.6. The Morgan fingerprint density at radius 3 is 2.62 bits per heavy atom. The molecule has 1 aliphatic rings. The van der Waals surface area contributed by atoms with Crippen molar-refractivity contribution >= 4 is 16.7 Å². The summed E-state index contributed by atoms with van der Waals surface area (Å²) in [5.41, 5.74) is 3.42. The summed E-state index contributed by atoms with van der Waals surface area (Å²) in [4.78, 5) is 6.86. The third kappa shape index (κ3) is 3.28. The minimum atomic E-state index is 0.0773. The van der Waals surface area contributed by atoms with Crippen molar-refractivity contribution in [2.75, 3.05) is 13.6 Å². The molecular formula is C22H23N3O. The predicted molar refractivity (Wildman–Crippen MR) is 106 cm³/mol. The zero-order valence-corrected chi connectivity index (χ0v) is 14.9. The van der Waals surface area contributed by atoms with Gasteiger partial charge in [0.2, 0.25) is 0 Å². The zero-order valence-electron chi connectivity index (χ0n) is 14.9. The Morgan fingerprint density at radius 1 is 1.04 bits per heavy atom. The van der Waals surface area contributed by atoms with E-state index in [0.29, 0.717) is 0 Å². The van der Waals surface area contributed by atoms with Gasteiger partial charge in [0.05, 0.1) is 19.2 Å². The first-order valence-corrected chi connectivity index (χ1v) is 8.93. The molecule has 0 bridgehead atoms. The fourth-order valence-electron chi connectivity index (χ4n) is 3.46. The fraction of sp³-hybridized carbons (Fsp3) is 0.227. The average Bonchev–Trinajstić information content (AvgIpc) is 3.19. The van der Waals surface area contributed by atoms with Gasteiger partial charge in [-0.05, 0) is 27.5 Å². The first-order chi connectivity index (χ1) is 12.7. The van der Waals surface area contributed by atoms with E-state index in [2.05, 4.69) is 71.9 Å². The van der Waals surface area contributed by atoms with E-state index in [4.69, 9.17) is 4.99 Å². The van der Waals surface area contributed by atoms with Crippen LogP contribution in [0.2, 0.25) is 0 Å². The number of aliphatic hydroxyl groups excluding tert-OH is 1. The number of aliphatic hydroxyl groups is 1. The molecule has 4 heteroatoms. The average molecular weight is 345 g/mol. The second kappa shape index (κ2) is 7.18. The molecule has 0 aliphatic carbocycles. The Kier molecular flexibility index (Phi) is 4.59. The molecule has 0 saturated heterocycles. The van der Waals surface area contributed by atoms with Gasteiger partial charge in [0.25, 0.3) is 0 Å². The van der Waals surface area contributed by atoms with Crippen molar-refractivity contribution in [1.82, 2.24) is 10.2 Å². The van der Waals surface area contributed by atoms with Crippen LogP contribution in [0.25, 0.3) is 10.8 Å². The van der Waals surface area contributed by atoms with Crippen LogP contribution < -0.4 is 5.32 Å². The van der Waals surface area contributed by atoms with E-state index in [0.717, 1.165) is 24.6 Å². The van der Waals surface area contributed by atoms with Gasteiger partial charge in [0.15, 0.2) is 5.96 Å². The largest absolute Gasteiger partial charge is 0.392 e. The summed E-state index contributed by atoms with van der Waals surface area (Å²) in [6, 6.07) is 23.2. The molecule has 0 spiro atoms. The number of nitrogens with one attached hydrogen (secondary N) is 1. The van der Waals surface area contributed by atoms with Gasteiger partial charge < -0.3 is 15.3 Å². The summed E-state index contributed by atoms with van der Waals surface area (Å²) in [6.45, 7) is 1.62. The number of guanidine groups is 1. The molecule has 0 fully saturated rings. The third-order valence-corrected chi connectivity index (χ3v) is 4.94. The van der Waals surface area contributed by atoms with Crippen LogP contribution in [0.15, 0.2) is 71.7 Å². The normalized spacial score (nSPS) is 16.4. The number of rotatable bonds is 4. The highest BCUT2D eigenvalue weighted by Crippen LogP contribution is 2.22. The molecular weight excluding hydrogens is 322 g/mol. The number of nitrogens with zero attached hydrogens (tertiary/aromatic N) is 2. The number of benzene rings is 3. The summed E-state index contributed by atoms with van der Waals surface area (Å²) in [5.74, 6) is 0.925. The maximum atomic E-state index is 9.18. The monoisotopic (exact) mass is 345 g/mol. The lowest BCUT2D eigenvalue weighted by Crippen LogP contribution is -2.36. The van der Waals surface area contributed by atoms with Gasteiger partial charge in [0.1, 0.15) is 0 Å². The summed E-state index contributed by atoms with van der Waals surface area (Å²) < 4.78 is 0. The quantitative estimate of drug-likeness (QED) is 0.761. The molecule has 4 nitrogen and oxygen atoms in total. The first-order valence-electron chi connectivity index (χ1n) is 8.93. The Morgan fingerprint density at radius 2 is 1.81 bits per heavy atom. The molecule has 1 unspecified atom stereocenters. The Hall–Kier alpha value is -2.85. The van der Waals surface area contributed by atoms with Gasteiger partial charge in [-0.2, -0.15) is 0 Å². The molecule has 0 radical (unpaired) electrons. The molecule has 3 aromatic carbocycles. The lowest BCUT2D eigenvalue weighted by Gasteiger charge is -2.22. The van der Waals surface area contributed by atoms with E-state index in [1.165, 1.54) is 21.9 Å². The molecule has 2 N–H and O–H groups in total. The SMILES string of the molecule is CN(Cc1cccc2ccccc12)C1=NCC(c2ccc(CO)cc2)N1. The highest BCUT2D eigenvalue weighted by Gasteiger charge is 2.21. The van der Waals surface area contributed by atoms with Crippen molar-refractivity contribution in [3.8, 4) is 0 Å². The van der Waals surface area contributed by atoms with E-state index < -0.39 is 0 Å². The van der Waals surface area contributed by atoms with Crippen molar-refractivity contribution in [3.05, 3.63) is 83.4 Å².